The number of hydrogen-bond donors (Lipinski definition) is 1. The number of carbonyl (C=O) groups excluding carboxylic acids is 2. The highest BCUT2D eigenvalue weighted by molar-refractivity contribution is 7.20. The highest BCUT2D eigenvalue weighted by Gasteiger charge is 2.23. The van der Waals surface area contributed by atoms with Gasteiger partial charge in [0, 0.05) is 37.3 Å². The molecule has 3 heterocycles. The van der Waals surface area contributed by atoms with E-state index in [-0.39, 0.29) is 19.1 Å². The SMILES string of the molecule is CCOC(=O)c1cc(-c2ccccc2)sc1NC(=O)CN1CCN(c2ccccn2)CC1. The number of pyridine rings is 1. The fraction of sp³-hybridized carbons (Fsp3) is 0.292. The Morgan fingerprint density at radius 3 is 2.50 bits per heavy atom. The second kappa shape index (κ2) is 10.4. The first-order chi connectivity index (χ1) is 15.6. The molecule has 1 fully saturated rings. The molecule has 166 valence electrons. The van der Waals surface area contributed by atoms with E-state index in [1.165, 1.54) is 11.3 Å². The van der Waals surface area contributed by atoms with E-state index in [1.54, 1.807) is 19.2 Å². The van der Waals surface area contributed by atoms with Crippen LogP contribution in [0.5, 0.6) is 0 Å². The van der Waals surface area contributed by atoms with Gasteiger partial charge in [0.15, 0.2) is 0 Å². The number of aromatic nitrogens is 1. The monoisotopic (exact) mass is 450 g/mol. The van der Waals surface area contributed by atoms with E-state index in [0.717, 1.165) is 42.4 Å². The number of ether oxygens (including phenoxy) is 1. The third-order valence-electron chi connectivity index (χ3n) is 5.25. The lowest BCUT2D eigenvalue weighted by Crippen LogP contribution is -2.48. The summed E-state index contributed by atoms with van der Waals surface area (Å²) < 4.78 is 5.20. The Bertz CT molecular complexity index is 1050. The number of esters is 1. The third kappa shape index (κ3) is 5.33. The van der Waals surface area contributed by atoms with Crippen molar-refractivity contribution in [2.75, 3.05) is 49.5 Å². The van der Waals surface area contributed by atoms with Crippen molar-refractivity contribution in [3.63, 3.8) is 0 Å². The molecule has 1 amide bonds. The van der Waals surface area contributed by atoms with Crippen LogP contribution in [0.2, 0.25) is 0 Å². The Hall–Kier alpha value is -3.23. The van der Waals surface area contributed by atoms with Crippen LogP contribution in [0.4, 0.5) is 10.8 Å². The van der Waals surface area contributed by atoms with Crippen molar-refractivity contribution < 1.29 is 14.3 Å². The minimum absolute atomic E-state index is 0.136. The number of piperazine rings is 1. The molecule has 2 aromatic heterocycles. The number of carbonyl (C=O) groups is 2. The quantitative estimate of drug-likeness (QED) is 0.553. The predicted octanol–water partition coefficient (Wildman–Crippen LogP) is 3.75. The van der Waals surface area contributed by atoms with Crippen LogP contribution in [-0.2, 0) is 9.53 Å². The van der Waals surface area contributed by atoms with E-state index in [1.807, 2.05) is 48.5 Å². The Morgan fingerprint density at radius 2 is 1.81 bits per heavy atom. The average Bonchev–Trinajstić information content (AvgIpc) is 3.24. The van der Waals surface area contributed by atoms with Crippen LogP contribution in [-0.4, -0.2) is 61.1 Å². The zero-order chi connectivity index (χ0) is 22.3. The molecule has 0 atom stereocenters. The zero-order valence-corrected chi connectivity index (χ0v) is 18.8. The number of amides is 1. The van der Waals surface area contributed by atoms with Gasteiger partial charge in [-0.3, -0.25) is 9.69 Å². The maximum Gasteiger partial charge on any atom is 0.341 e. The number of nitrogens with one attached hydrogen (secondary N) is 1. The summed E-state index contributed by atoms with van der Waals surface area (Å²) in [5.74, 6) is 0.399. The van der Waals surface area contributed by atoms with Gasteiger partial charge in [0.1, 0.15) is 10.8 Å². The highest BCUT2D eigenvalue weighted by atomic mass is 32.1. The van der Waals surface area contributed by atoms with Crippen LogP contribution in [0.3, 0.4) is 0 Å². The molecule has 1 aliphatic heterocycles. The predicted molar refractivity (Wildman–Crippen MR) is 127 cm³/mol. The second-order valence-corrected chi connectivity index (χ2v) is 8.49. The first kappa shape index (κ1) is 22.0. The summed E-state index contributed by atoms with van der Waals surface area (Å²) in [5, 5.41) is 3.47. The number of nitrogens with zero attached hydrogens (tertiary/aromatic N) is 3. The molecule has 0 saturated carbocycles. The lowest BCUT2D eigenvalue weighted by Gasteiger charge is -2.34. The largest absolute Gasteiger partial charge is 0.462 e. The van der Waals surface area contributed by atoms with Crippen LogP contribution >= 0.6 is 11.3 Å². The third-order valence-corrected chi connectivity index (χ3v) is 6.35. The van der Waals surface area contributed by atoms with Gasteiger partial charge in [-0.25, -0.2) is 9.78 Å². The molecule has 0 spiro atoms. The number of benzene rings is 1. The topological polar surface area (TPSA) is 74.8 Å². The summed E-state index contributed by atoms with van der Waals surface area (Å²) in [5.41, 5.74) is 1.39. The lowest BCUT2D eigenvalue weighted by atomic mass is 10.1. The molecule has 1 N–H and O–H groups in total. The maximum absolute atomic E-state index is 12.8. The molecule has 0 unspecified atom stereocenters. The molecule has 1 saturated heterocycles. The summed E-state index contributed by atoms with van der Waals surface area (Å²) in [6.45, 7) is 5.50. The number of thiophene rings is 1. The van der Waals surface area contributed by atoms with Gasteiger partial charge in [0.2, 0.25) is 5.91 Å². The van der Waals surface area contributed by atoms with Crippen molar-refractivity contribution >= 4 is 34.0 Å². The maximum atomic E-state index is 12.8. The van der Waals surface area contributed by atoms with Gasteiger partial charge in [0.05, 0.1) is 18.7 Å². The van der Waals surface area contributed by atoms with Crippen LogP contribution in [0.25, 0.3) is 10.4 Å². The van der Waals surface area contributed by atoms with Crippen molar-refractivity contribution in [1.82, 2.24) is 9.88 Å². The Labute approximate surface area is 191 Å². The molecule has 32 heavy (non-hydrogen) atoms. The van der Waals surface area contributed by atoms with Crippen molar-refractivity contribution in [3.8, 4) is 10.4 Å². The Morgan fingerprint density at radius 1 is 1.06 bits per heavy atom. The molecule has 3 aromatic rings. The van der Waals surface area contributed by atoms with Gasteiger partial charge >= 0.3 is 5.97 Å². The van der Waals surface area contributed by atoms with Crippen molar-refractivity contribution in [3.05, 3.63) is 66.4 Å². The summed E-state index contributed by atoms with van der Waals surface area (Å²) in [6, 6.07) is 17.5. The molecule has 1 aromatic carbocycles. The van der Waals surface area contributed by atoms with Crippen LogP contribution in [0.1, 0.15) is 17.3 Å². The van der Waals surface area contributed by atoms with Gasteiger partial charge in [-0.2, -0.15) is 0 Å². The van der Waals surface area contributed by atoms with E-state index in [9.17, 15) is 9.59 Å². The van der Waals surface area contributed by atoms with E-state index in [0.29, 0.717) is 10.6 Å². The molecule has 1 aliphatic rings. The second-order valence-electron chi connectivity index (χ2n) is 7.44. The minimum atomic E-state index is -0.426. The van der Waals surface area contributed by atoms with E-state index in [2.05, 4.69) is 20.1 Å². The summed E-state index contributed by atoms with van der Waals surface area (Å²) in [6.07, 6.45) is 1.79. The van der Waals surface area contributed by atoms with Crippen molar-refractivity contribution in [2.45, 2.75) is 6.92 Å². The molecule has 8 heteroatoms. The number of hydrogen-bond acceptors (Lipinski definition) is 7. The minimum Gasteiger partial charge on any atom is -0.462 e. The van der Waals surface area contributed by atoms with Gasteiger partial charge in [-0.05, 0) is 30.7 Å². The summed E-state index contributed by atoms with van der Waals surface area (Å²) in [7, 11) is 0. The molecule has 0 bridgehead atoms. The highest BCUT2D eigenvalue weighted by Crippen LogP contribution is 2.36. The standard InChI is InChI=1S/C24H26N4O3S/c1-2-31-24(30)19-16-20(18-8-4-3-5-9-18)32-23(19)26-22(29)17-27-12-14-28(15-13-27)21-10-6-7-11-25-21/h3-11,16H,2,12-15,17H2,1H3,(H,26,29). The summed E-state index contributed by atoms with van der Waals surface area (Å²) in [4.78, 5) is 34.9. The summed E-state index contributed by atoms with van der Waals surface area (Å²) >= 11 is 1.39. The zero-order valence-electron chi connectivity index (χ0n) is 18.0. The van der Waals surface area contributed by atoms with Gasteiger partial charge in [-0.1, -0.05) is 36.4 Å². The fourth-order valence-corrected chi connectivity index (χ4v) is 4.70. The van der Waals surface area contributed by atoms with E-state index >= 15 is 0 Å². The Balaban J connectivity index is 1.40. The smallest absolute Gasteiger partial charge is 0.341 e. The van der Waals surface area contributed by atoms with Crippen LogP contribution < -0.4 is 10.2 Å². The molecule has 0 aliphatic carbocycles. The average molecular weight is 451 g/mol. The fourth-order valence-electron chi connectivity index (χ4n) is 3.63. The first-order valence-corrected chi connectivity index (χ1v) is 11.5. The molecular weight excluding hydrogens is 424 g/mol. The van der Waals surface area contributed by atoms with Crippen LogP contribution in [0.15, 0.2) is 60.8 Å². The number of anilines is 2. The molecule has 0 radical (unpaired) electrons. The molecule has 4 rings (SSSR count). The van der Waals surface area contributed by atoms with Gasteiger partial charge in [0.25, 0.3) is 0 Å². The molecule has 7 nitrogen and oxygen atoms in total. The molecular formula is C24H26N4O3S. The van der Waals surface area contributed by atoms with Crippen LogP contribution in [0, 0.1) is 0 Å². The van der Waals surface area contributed by atoms with E-state index < -0.39 is 5.97 Å². The first-order valence-electron chi connectivity index (χ1n) is 10.7. The van der Waals surface area contributed by atoms with E-state index in [4.69, 9.17) is 4.74 Å². The van der Waals surface area contributed by atoms with Gasteiger partial charge in [-0.15, -0.1) is 11.3 Å². The lowest BCUT2D eigenvalue weighted by molar-refractivity contribution is -0.117. The normalized spacial score (nSPS) is 14.2. The van der Waals surface area contributed by atoms with Gasteiger partial charge < -0.3 is 15.0 Å². The Kier molecular flexibility index (Phi) is 7.14. The van der Waals surface area contributed by atoms with Crippen molar-refractivity contribution in [1.29, 1.82) is 0 Å². The van der Waals surface area contributed by atoms with Crippen molar-refractivity contribution in [2.24, 2.45) is 0 Å². The number of rotatable bonds is 7.